The predicted octanol–water partition coefficient (Wildman–Crippen LogP) is 1.32. The van der Waals surface area contributed by atoms with Gasteiger partial charge in [-0.05, 0) is 30.4 Å². The Kier molecular flexibility index (Phi) is 4.95. The summed E-state index contributed by atoms with van der Waals surface area (Å²) in [6.45, 7) is 3.71. The first-order valence-electron chi connectivity index (χ1n) is 6.60. The van der Waals surface area contributed by atoms with Crippen molar-refractivity contribution in [1.82, 2.24) is 9.55 Å². The maximum atomic E-state index is 11.9. The molecule has 8 nitrogen and oxygen atoms in total. The number of carboxylic acid groups (broad SMARTS) is 1. The molecule has 1 heterocycles. The van der Waals surface area contributed by atoms with Gasteiger partial charge in [0.2, 0.25) is 5.88 Å². The minimum atomic E-state index is -1.34. The molecular weight excluding hydrogens is 334 g/mol. The van der Waals surface area contributed by atoms with Crippen molar-refractivity contribution in [1.29, 1.82) is 0 Å². The number of aromatic carboxylic acids is 1. The lowest BCUT2D eigenvalue weighted by Gasteiger charge is -2.10. The van der Waals surface area contributed by atoms with Gasteiger partial charge in [-0.3, -0.25) is 19.3 Å². The Labute approximate surface area is 140 Å². The predicted molar refractivity (Wildman–Crippen MR) is 87.8 cm³/mol. The van der Waals surface area contributed by atoms with Gasteiger partial charge in [0.25, 0.3) is 5.56 Å². The molecule has 1 aromatic carbocycles. The van der Waals surface area contributed by atoms with Crippen molar-refractivity contribution in [2.75, 3.05) is 0 Å². The van der Waals surface area contributed by atoms with E-state index in [1.54, 1.807) is 0 Å². The van der Waals surface area contributed by atoms with E-state index in [9.17, 15) is 19.8 Å². The first-order valence-corrected chi connectivity index (χ1v) is 7.01. The zero-order chi connectivity index (χ0) is 17.9. The van der Waals surface area contributed by atoms with Crippen LogP contribution < -0.4 is 10.7 Å². The highest BCUT2D eigenvalue weighted by molar-refractivity contribution is 7.71. The van der Waals surface area contributed by atoms with E-state index in [2.05, 4.69) is 16.6 Å². The number of carbonyl (C=O) groups is 1. The van der Waals surface area contributed by atoms with E-state index in [0.717, 1.165) is 18.3 Å². The number of hydrogen-bond acceptors (Lipinski definition) is 6. The standard InChI is InChI=1S/C15H13N3O5S/c1-2-5-18-13(21)10(12(20)17-15(18)24)7-16-8-3-4-9(14(22)23)11(19)6-8/h2-4,6-7,19,21H,1,5H2,(H,22,23)(H,17,20,24)/p-1. The number of benzene rings is 1. The Morgan fingerprint density at radius 2 is 2.21 bits per heavy atom. The van der Waals surface area contributed by atoms with Gasteiger partial charge in [-0.25, -0.2) is 4.79 Å². The van der Waals surface area contributed by atoms with Gasteiger partial charge in [0.05, 0.1) is 11.3 Å². The van der Waals surface area contributed by atoms with Crippen molar-refractivity contribution in [2.24, 2.45) is 4.99 Å². The number of nitrogens with one attached hydrogen (secondary N) is 1. The van der Waals surface area contributed by atoms with Crippen LogP contribution in [0.3, 0.4) is 0 Å². The Morgan fingerprint density at radius 1 is 1.50 bits per heavy atom. The maximum absolute atomic E-state index is 11.9. The van der Waals surface area contributed by atoms with Crippen LogP contribution >= 0.6 is 12.2 Å². The van der Waals surface area contributed by atoms with Crippen LogP contribution in [0.2, 0.25) is 0 Å². The first-order chi connectivity index (χ1) is 11.3. The lowest BCUT2D eigenvalue weighted by Crippen LogP contribution is -2.18. The molecule has 0 bridgehead atoms. The number of H-pyrrole nitrogens is 1. The molecule has 1 aromatic heterocycles. The van der Waals surface area contributed by atoms with Gasteiger partial charge in [0.1, 0.15) is 5.56 Å². The monoisotopic (exact) mass is 346 g/mol. The number of carboxylic acids is 1. The lowest BCUT2D eigenvalue weighted by molar-refractivity contribution is -0.268. The summed E-state index contributed by atoms with van der Waals surface area (Å²) in [4.78, 5) is 29.0. The Balaban J connectivity index is 2.46. The van der Waals surface area contributed by atoms with Crippen molar-refractivity contribution in [3.63, 3.8) is 0 Å². The molecule has 2 aromatic rings. The molecule has 2 rings (SSSR count). The highest BCUT2D eigenvalue weighted by Crippen LogP contribution is 2.22. The largest absolute Gasteiger partial charge is 0.872 e. The fourth-order valence-electron chi connectivity index (χ4n) is 1.90. The average Bonchev–Trinajstić information content (AvgIpc) is 2.50. The summed E-state index contributed by atoms with van der Waals surface area (Å²) in [5.41, 5.74) is -1.04. The molecule has 0 aliphatic rings. The Morgan fingerprint density at radius 3 is 2.79 bits per heavy atom. The summed E-state index contributed by atoms with van der Waals surface area (Å²) in [6.07, 6.45) is 2.56. The highest BCUT2D eigenvalue weighted by Gasteiger charge is 2.10. The minimum Gasteiger partial charge on any atom is -0.872 e. The van der Waals surface area contributed by atoms with E-state index in [0.29, 0.717) is 0 Å². The van der Waals surface area contributed by atoms with Crippen molar-refractivity contribution in [3.05, 3.63) is 57.1 Å². The van der Waals surface area contributed by atoms with Crippen LogP contribution in [0.25, 0.3) is 0 Å². The van der Waals surface area contributed by atoms with E-state index in [1.165, 1.54) is 16.7 Å². The van der Waals surface area contributed by atoms with Crippen molar-refractivity contribution < 1.29 is 20.1 Å². The SMILES string of the molecule is C=CCn1c(O)c(C=Nc2ccc(C(=O)O)c([O-])c2)c(=O)[nH]c1=S. The van der Waals surface area contributed by atoms with E-state index < -0.39 is 23.2 Å². The molecule has 24 heavy (non-hydrogen) atoms. The molecule has 0 atom stereocenters. The van der Waals surface area contributed by atoms with Crippen LogP contribution in [0.15, 0.2) is 40.6 Å². The number of rotatable bonds is 5. The smallest absolute Gasteiger partial charge is 0.335 e. The molecule has 124 valence electrons. The van der Waals surface area contributed by atoms with Gasteiger partial charge < -0.3 is 15.3 Å². The van der Waals surface area contributed by atoms with E-state index in [1.807, 2.05) is 0 Å². The van der Waals surface area contributed by atoms with E-state index in [-0.39, 0.29) is 28.1 Å². The third-order valence-electron chi connectivity index (χ3n) is 3.06. The van der Waals surface area contributed by atoms with Gasteiger partial charge in [-0.15, -0.1) is 6.58 Å². The topological polar surface area (TPSA) is 131 Å². The van der Waals surface area contributed by atoms with Crippen molar-refractivity contribution >= 4 is 30.1 Å². The van der Waals surface area contributed by atoms with Crippen LogP contribution in [-0.2, 0) is 6.54 Å². The maximum Gasteiger partial charge on any atom is 0.335 e. The Bertz CT molecular complexity index is 959. The summed E-state index contributed by atoms with van der Waals surface area (Å²) in [5, 5.41) is 30.5. The molecular formula is C15H12N3O5S-. The molecule has 0 aliphatic carbocycles. The van der Waals surface area contributed by atoms with Gasteiger partial charge >= 0.3 is 5.97 Å². The van der Waals surface area contributed by atoms with E-state index >= 15 is 0 Å². The third kappa shape index (κ3) is 3.41. The molecule has 0 radical (unpaired) electrons. The average molecular weight is 346 g/mol. The van der Waals surface area contributed by atoms with Gasteiger partial charge in [-0.1, -0.05) is 11.8 Å². The molecule has 0 aliphatic heterocycles. The number of aromatic amines is 1. The summed E-state index contributed by atoms with van der Waals surface area (Å²) < 4.78 is 1.28. The molecule has 0 saturated heterocycles. The third-order valence-corrected chi connectivity index (χ3v) is 3.38. The second-order valence-corrected chi connectivity index (χ2v) is 5.03. The highest BCUT2D eigenvalue weighted by atomic mass is 32.1. The first kappa shape index (κ1) is 17.2. The number of hydrogen-bond donors (Lipinski definition) is 3. The van der Waals surface area contributed by atoms with Crippen LogP contribution in [0.1, 0.15) is 15.9 Å². The number of nitrogens with zero attached hydrogens (tertiary/aromatic N) is 2. The second-order valence-electron chi connectivity index (χ2n) is 4.64. The molecule has 0 saturated carbocycles. The zero-order valence-corrected chi connectivity index (χ0v) is 13.0. The van der Waals surface area contributed by atoms with E-state index in [4.69, 9.17) is 17.3 Å². The second kappa shape index (κ2) is 6.92. The van der Waals surface area contributed by atoms with Gasteiger partial charge in [0.15, 0.2) is 4.77 Å². The van der Waals surface area contributed by atoms with Gasteiger partial charge in [0, 0.05) is 12.8 Å². The normalized spacial score (nSPS) is 10.8. The van der Waals surface area contributed by atoms with Crippen molar-refractivity contribution in [2.45, 2.75) is 6.54 Å². The summed E-state index contributed by atoms with van der Waals surface area (Å²) in [5.74, 6) is -2.44. The van der Waals surface area contributed by atoms with Crippen LogP contribution in [-0.4, -0.2) is 31.9 Å². The minimum absolute atomic E-state index is 0.0298. The lowest BCUT2D eigenvalue weighted by atomic mass is 10.2. The molecule has 9 heteroatoms. The fourth-order valence-corrected chi connectivity index (χ4v) is 2.15. The quantitative estimate of drug-likeness (QED) is 0.425. The molecule has 0 fully saturated rings. The zero-order valence-electron chi connectivity index (χ0n) is 12.2. The number of aromatic hydroxyl groups is 1. The summed E-state index contributed by atoms with van der Waals surface area (Å²) in [6, 6.07) is 3.45. The number of aromatic nitrogens is 2. The summed E-state index contributed by atoms with van der Waals surface area (Å²) >= 11 is 4.94. The molecule has 3 N–H and O–H groups in total. The van der Waals surface area contributed by atoms with Crippen molar-refractivity contribution in [3.8, 4) is 11.6 Å². The Hall–Kier alpha value is -3.20. The van der Waals surface area contributed by atoms with Crippen LogP contribution in [0.5, 0.6) is 11.6 Å². The summed E-state index contributed by atoms with van der Waals surface area (Å²) in [7, 11) is 0. The number of allylic oxidation sites excluding steroid dienone is 1. The fraction of sp³-hybridized carbons (Fsp3) is 0.0667. The van der Waals surface area contributed by atoms with Crippen LogP contribution in [0.4, 0.5) is 5.69 Å². The molecule has 0 spiro atoms. The molecule has 0 unspecified atom stereocenters. The molecule has 0 amide bonds. The van der Waals surface area contributed by atoms with Crippen LogP contribution in [0, 0.1) is 4.77 Å². The number of aliphatic imine (C=N–C) groups is 1. The van der Waals surface area contributed by atoms with Gasteiger partial charge in [-0.2, -0.15) is 0 Å².